The van der Waals surface area contributed by atoms with Crippen molar-refractivity contribution in [3.8, 4) is 0 Å². The SMILES string of the molecule is CC1CCNC(C2CC(C)(C)CCC2=O)C1. The zero-order valence-corrected chi connectivity index (χ0v) is 10.9. The molecule has 0 aromatic heterocycles. The minimum Gasteiger partial charge on any atom is -0.313 e. The molecule has 1 heterocycles. The summed E-state index contributed by atoms with van der Waals surface area (Å²) in [5.41, 5.74) is 0.362. The van der Waals surface area contributed by atoms with Gasteiger partial charge in [-0.25, -0.2) is 0 Å². The lowest BCUT2D eigenvalue weighted by Gasteiger charge is -2.41. The molecule has 2 fully saturated rings. The van der Waals surface area contributed by atoms with E-state index in [9.17, 15) is 4.79 Å². The van der Waals surface area contributed by atoms with Gasteiger partial charge < -0.3 is 5.32 Å². The van der Waals surface area contributed by atoms with Gasteiger partial charge in [0.05, 0.1) is 0 Å². The van der Waals surface area contributed by atoms with E-state index < -0.39 is 0 Å². The van der Waals surface area contributed by atoms with E-state index in [1.165, 1.54) is 12.8 Å². The molecule has 92 valence electrons. The fourth-order valence-corrected chi connectivity index (χ4v) is 3.28. The van der Waals surface area contributed by atoms with Crippen molar-refractivity contribution in [3.05, 3.63) is 0 Å². The van der Waals surface area contributed by atoms with Crippen LogP contribution in [0.3, 0.4) is 0 Å². The number of hydrogen-bond acceptors (Lipinski definition) is 2. The summed E-state index contributed by atoms with van der Waals surface area (Å²) < 4.78 is 0. The number of hydrogen-bond donors (Lipinski definition) is 1. The molecule has 1 saturated carbocycles. The monoisotopic (exact) mass is 223 g/mol. The van der Waals surface area contributed by atoms with E-state index in [4.69, 9.17) is 0 Å². The fourth-order valence-electron chi connectivity index (χ4n) is 3.28. The molecule has 2 aliphatic rings. The van der Waals surface area contributed by atoms with Crippen molar-refractivity contribution in [1.82, 2.24) is 5.32 Å². The van der Waals surface area contributed by atoms with Crippen LogP contribution in [-0.2, 0) is 4.79 Å². The molecule has 2 heteroatoms. The third-order valence-corrected chi connectivity index (χ3v) is 4.42. The minimum absolute atomic E-state index is 0.284. The zero-order valence-electron chi connectivity index (χ0n) is 10.9. The summed E-state index contributed by atoms with van der Waals surface area (Å²) in [7, 11) is 0. The van der Waals surface area contributed by atoms with Gasteiger partial charge in [0.1, 0.15) is 5.78 Å². The molecule has 2 nitrogen and oxygen atoms in total. The molecule has 3 atom stereocenters. The highest BCUT2D eigenvalue weighted by Gasteiger charge is 2.39. The highest BCUT2D eigenvalue weighted by molar-refractivity contribution is 5.82. The van der Waals surface area contributed by atoms with E-state index in [0.717, 1.165) is 31.7 Å². The number of rotatable bonds is 1. The van der Waals surface area contributed by atoms with Gasteiger partial charge in [0.2, 0.25) is 0 Å². The summed E-state index contributed by atoms with van der Waals surface area (Å²) in [6, 6.07) is 0.454. The number of piperidine rings is 1. The van der Waals surface area contributed by atoms with Gasteiger partial charge in [-0.1, -0.05) is 20.8 Å². The van der Waals surface area contributed by atoms with E-state index in [2.05, 4.69) is 26.1 Å². The van der Waals surface area contributed by atoms with E-state index in [-0.39, 0.29) is 5.92 Å². The lowest BCUT2D eigenvalue weighted by atomic mass is 9.67. The van der Waals surface area contributed by atoms with Crippen molar-refractivity contribution in [1.29, 1.82) is 0 Å². The molecule has 0 bridgehead atoms. The van der Waals surface area contributed by atoms with Crippen LogP contribution in [0.25, 0.3) is 0 Å². The second-order valence-corrected chi connectivity index (χ2v) is 6.63. The highest BCUT2D eigenvalue weighted by Crippen LogP contribution is 2.39. The van der Waals surface area contributed by atoms with Crippen LogP contribution in [0.1, 0.15) is 52.9 Å². The smallest absolute Gasteiger partial charge is 0.137 e. The molecule has 0 radical (unpaired) electrons. The van der Waals surface area contributed by atoms with Crippen molar-refractivity contribution < 1.29 is 4.79 Å². The fraction of sp³-hybridized carbons (Fsp3) is 0.929. The highest BCUT2D eigenvalue weighted by atomic mass is 16.1. The van der Waals surface area contributed by atoms with E-state index in [0.29, 0.717) is 17.2 Å². The summed E-state index contributed by atoms with van der Waals surface area (Å²) >= 11 is 0. The first-order chi connectivity index (χ1) is 7.48. The van der Waals surface area contributed by atoms with Crippen molar-refractivity contribution in [2.75, 3.05) is 6.54 Å². The van der Waals surface area contributed by atoms with Gasteiger partial charge in [0.25, 0.3) is 0 Å². The number of ketones is 1. The van der Waals surface area contributed by atoms with Gasteiger partial charge in [-0.15, -0.1) is 0 Å². The predicted octanol–water partition coefficient (Wildman–Crippen LogP) is 2.77. The predicted molar refractivity (Wildman–Crippen MR) is 66.3 cm³/mol. The normalized spacial score (nSPS) is 39.7. The Hall–Kier alpha value is -0.370. The van der Waals surface area contributed by atoms with Crippen LogP contribution in [0.2, 0.25) is 0 Å². The Bertz CT molecular complexity index is 272. The van der Waals surface area contributed by atoms with Gasteiger partial charge in [-0.3, -0.25) is 4.79 Å². The molecule has 3 unspecified atom stereocenters. The summed E-state index contributed by atoms with van der Waals surface area (Å²) in [6.45, 7) is 8.01. The van der Waals surface area contributed by atoms with E-state index in [1.54, 1.807) is 0 Å². The Balaban J connectivity index is 2.03. The summed E-state index contributed by atoms with van der Waals surface area (Å²) in [4.78, 5) is 12.0. The van der Waals surface area contributed by atoms with E-state index >= 15 is 0 Å². The number of Topliss-reactive ketones (excluding diaryl/α,β-unsaturated/α-hetero) is 1. The van der Waals surface area contributed by atoms with Crippen LogP contribution in [-0.4, -0.2) is 18.4 Å². The van der Waals surface area contributed by atoms with Gasteiger partial charge in [0.15, 0.2) is 0 Å². The van der Waals surface area contributed by atoms with Crippen molar-refractivity contribution in [3.63, 3.8) is 0 Å². The van der Waals surface area contributed by atoms with Crippen molar-refractivity contribution in [2.24, 2.45) is 17.3 Å². The first kappa shape index (κ1) is 12.1. The summed E-state index contributed by atoms with van der Waals surface area (Å²) in [6.07, 6.45) is 5.40. The Kier molecular flexibility index (Phi) is 3.39. The Morgan fingerprint density at radius 3 is 2.81 bits per heavy atom. The molecule has 0 amide bonds. The number of carbonyl (C=O) groups excluding carboxylic acids is 1. The minimum atomic E-state index is 0.284. The van der Waals surface area contributed by atoms with Crippen LogP contribution in [0.5, 0.6) is 0 Å². The second-order valence-electron chi connectivity index (χ2n) is 6.63. The van der Waals surface area contributed by atoms with Crippen LogP contribution < -0.4 is 5.32 Å². The lowest BCUT2D eigenvalue weighted by Crippen LogP contribution is -2.48. The number of carbonyl (C=O) groups is 1. The average molecular weight is 223 g/mol. The molecule has 16 heavy (non-hydrogen) atoms. The standard InChI is InChI=1S/C14H25NO/c1-10-5-7-15-12(8-10)11-9-14(2,3)6-4-13(11)16/h10-12,15H,4-9H2,1-3H3. The lowest BCUT2D eigenvalue weighted by molar-refractivity contribution is -0.128. The maximum absolute atomic E-state index is 12.0. The van der Waals surface area contributed by atoms with Crippen LogP contribution in [0, 0.1) is 17.3 Å². The molecular weight excluding hydrogens is 198 g/mol. The molecule has 0 aromatic carbocycles. The Morgan fingerprint density at radius 2 is 2.12 bits per heavy atom. The zero-order chi connectivity index (χ0) is 11.8. The molecule has 0 aromatic rings. The summed E-state index contributed by atoms with van der Waals surface area (Å²) in [5, 5.41) is 3.57. The van der Waals surface area contributed by atoms with E-state index in [1.807, 2.05) is 0 Å². The van der Waals surface area contributed by atoms with Gasteiger partial charge in [0, 0.05) is 18.4 Å². The third-order valence-electron chi connectivity index (χ3n) is 4.42. The third kappa shape index (κ3) is 2.65. The Labute approximate surface area is 99.2 Å². The molecule has 1 saturated heterocycles. The number of nitrogens with one attached hydrogen (secondary N) is 1. The Morgan fingerprint density at radius 1 is 1.38 bits per heavy atom. The molecule has 1 aliphatic heterocycles. The first-order valence-electron chi connectivity index (χ1n) is 6.74. The topological polar surface area (TPSA) is 29.1 Å². The van der Waals surface area contributed by atoms with Gasteiger partial charge in [-0.2, -0.15) is 0 Å². The summed E-state index contributed by atoms with van der Waals surface area (Å²) in [5.74, 6) is 1.57. The van der Waals surface area contributed by atoms with Gasteiger partial charge >= 0.3 is 0 Å². The maximum atomic E-state index is 12.0. The molecule has 1 aliphatic carbocycles. The largest absolute Gasteiger partial charge is 0.313 e. The quantitative estimate of drug-likeness (QED) is 0.740. The van der Waals surface area contributed by atoms with Crippen LogP contribution in [0.4, 0.5) is 0 Å². The van der Waals surface area contributed by atoms with Crippen LogP contribution >= 0.6 is 0 Å². The molecule has 1 N–H and O–H groups in total. The maximum Gasteiger partial charge on any atom is 0.137 e. The average Bonchev–Trinajstić information content (AvgIpc) is 2.22. The molecule has 0 spiro atoms. The second kappa shape index (κ2) is 4.48. The molecule has 2 rings (SSSR count). The molecular formula is C14H25NO. The van der Waals surface area contributed by atoms with Crippen molar-refractivity contribution >= 4 is 5.78 Å². The van der Waals surface area contributed by atoms with Crippen LogP contribution in [0.15, 0.2) is 0 Å². The van der Waals surface area contributed by atoms with Gasteiger partial charge in [-0.05, 0) is 43.6 Å². The van der Waals surface area contributed by atoms with Crippen molar-refractivity contribution in [2.45, 2.75) is 58.9 Å². The first-order valence-corrected chi connectivity index (χ1v) is 6.74.